The highest BCUT2D eigenvalue weighted by molar-refractivity contribution is 9.10. The number of pyridine rings is 3. The van der Waals surface area contributed by atoms with Crippen molar-refractivity contribution in [2.24, 2.45) is 0 Å². The molecule has 0 saturated carbocycles. The molecule has 0 radical (unpaired) electrons. The van der Waals surface area contributed by atoms with Crippen LogP contribution in [0.3, 0.4) is 0 Å². The standard InChI is InChI=1S/C23H14BrN3/c24-20-13-16(8-9-19(20)21-5-1-2-10-25-21)18-12-17-7-6-15-4-3-11-26-22(15)23(17)27-14-18/h1-14H. The van der Waals surface area contributed by atoms with Crippen LogP contribution in [0.5, 0.6) is 0 Å². The van der Waals surface area contributed by atoms with Crippen molar-refractivity contribution < 1.29 is 0 Å². The number of hydrogen-bond acceptors (Lipinski definition) is 3. The molecule has 0 spiro atoms. The van der Waals surface area contributed by atoms with E-state index < -0.39 is 0 Å². The third kappa shape index (κ3) is 2.88. The van der Waals surface area contributed by atoms with Crippen molar-refractivity contribution in [3.63, 3.8) is 0 Å². The normalized spacial score (nSPS) is 11.1. The molecule has 2 aromatic carbocycles. The summed E-state index contributed by atoms with van der Waals surface area (Å²) in [4.78, 5) is 13.6. The Labute approximate surface area is 164 Å². The van der Waals surface area contributed by atoms with E-state index in [1.807, 2.05) is 36.7 Å². The van der Waals surface area contributed by atoms with Gasteiger partial charge in [0.2, 0.25) is 0 Å². The predicted octanol–water partition coefficient (Wildman–Crippen LogP) is 6.27. The molecule has 0 N–H and O–H groups in total. The van der Waals surface area contributed by atoms with Crippen molar-refractivity contribution in [2.45, 2.75) is 0 Å². The first-order valence-corrected chi connectivity index (χ1v) is 9.44. The van der Waals surface area contributed by atoms with Gasteiger partial charge in [0.25, 0.3) is 0 Å². The van der Waals surface area contributed by atoms with E-state index in [1.54, 1.807) is 6.20 Å². The van der Waals surface area contributed by atoms with E-state index in [9.17, 15) is 0 Å². The van der Waals surface area contributed by atoms with Crippen LogP contribution in [0.1, 0.15) is 0 Å². The second kappa shape index (κ2) is 6.56. The second-order valence-corrected chi connectivity index (χ2v) is 7.20. The van der Waals surface area contributed by atoms with E-state index in [0.29, 0.717) is 0 Å². The van der Waals surface area contributed by atoms with Gasteiger partial charge in [-0.15, -0.1) is 0 Å². The fourth-order valence-corrected chi connectivity index (χ4v) is 3.90. The minimum absolute atomic E-state index is 0.932. The molecule has 5 rings (SSSR count). The minimum atomic E-state index is 0.932. The molecule has 27 heavy (non-hydrogen) atoms. The molecule has 3 heterocycles. The largest absolute Gasteiger partial charge is 0.256 e. The van der Waals surface area contributed by atoms with Gasteiger partial charge in [-0.2, -0.15) is 0 Å². The number of benzene rings is 2. The van der Waals surface area contributed by atoms with Gasteiger partial charge in [0.05, 0.1) is 16.7 Å². The van der Waals surface area contributed by atoms with E-state index in [-0.39, 0.29) is 0 Å². The summed E-state index contributed by atoms with van der Waals surface area (Å²) in [7, 11) is 0. The average Bonchev–Trinajstić information content (AvgIpc) is 2.74. The van der Waals surface area contributed by atoms with Gasteiger partial charge in [0.1, 0.15) is 0 Å². The first kappa shape index (κ1) is 16.1. The summed E-state index contributed by atoms with van der Waals surface area (Å²) in [6.45, 7) is 0. The smallest absolute Gasteiger partial charge is 0.0964 e. The molecule has 3 aromatic heterocycles. The highest BCUT2D eigenvalue weighted by Gasteiger charge is 2.09. The summed E-state index contributed by atoms with van der Waals surface area (Å²) in [6.07, 6.45) is 5.53. The van der Waals surface area contributed by atoms with E-state index in [0.717, 1.165) is 48.7 Å². The van der Waals surface area contributed by atoms with Gasteiger partial charge in [-0.25, -0.2) is 0 Å². The molecule has 0 atom stereocenters. The number of halogens is 1. The quantitative estimate of drug-likeness (QED) is 0.321. The number of hydrogen-bond donors (Lipinski definition) is 0. The Kier molecular flexibility index (Phi) is 3.91. The van der Waals surface area contributed by atoms with Gasteiger partial charge in [-0.3, -0.25) is 15.0 Å². The molecule has 0 saturated heterocycles. The van der Waals surface area contributed by atoms with Crippen LogP contribution in [0.4, 0.5) is 0 Å². The first-order valence-electron chi connectivity index (χ1n) is 8.64. The van der Waals surface area contributed by atoms with Crippen molar-refractivity contribution in [3.8, 4) is 22.4 Å². The fourth-order valence-electron chi connectivity index (χ4n) is 3.32. The fraction of sp³-hybridized carbons (Fsp3) is 0. The average molecular weight is 412 g/mol. The molecular weight excluding hydrogens is 398 g/mol. The molecule has 0 fully saturated rings. The maximum atomic E-state index is 4.71. The molecule has 5 aromatic rings. The zero-order valence-electron chi connectivity index (χ0n) is 14.3. The summed E-state index contributed by atoms with van der Waals surface area (Å²) in [5.74, 6) is 0. The molecule has 0 unspecified atom stereocenters. The topological polar surface area (TPSA) is 38.7 Å². The van der Waals surface area contributed by atoms with E-state index in [4.69, 9.17) is 4.98 Å². The zero-order valence-corrected chi connectivity index (χ0v) is 15.9. The Hall–Kier alpha value is -3.11. The summed E-state index contributed by atoms with van der Waals surface area (Å²) >= 11 is 3.69. The minimum Gasteiger partial charge on any atom is -0.256 e. The summed E-state index contributed by atoms with van der Waals surface area (Å²) in [6, 6.07) is 22.6. The highest BCUT2D eigenvalue weighted by Crippen LogP contribution is 2.33. The van der Waals surface area contributed by atoms with Crippen LogP contribution in [0.25, 0.3) is 44.2 Å². The van der Waals surface area contributed by atoms with Crippen molar-refractivity contribution >= 4 is 37.7 Å². The van der Waals surface area contributed by atoms with Crippen LogP contribution < -0.4 is 0 Å². The van der Waals surface area contributed by atoms with Crippen molar-refractivity contribution in [2.75, 3.05) is 0 Å². The number of rotatable bonds is 2. The number of aromatic nitrogens is 3. The monoisotopic (exact) mass is 411 g/mol. The van der Waals surface area contributed by atoms with Crippen molar-refractivity contribution in [3.05, 3.63) is 89.8 Å². The van der Waals surface area contributed by atoms with Gasteiger partial charge in [0.15, 0.2) is 0 Å². The van der Waals surface area contributed by atoms with Gasteiger partial charge in [0, 0.05) is 45.0 Å². The van der Waals surface area contributed by atoms with Crippen LogP contribution in [-0.4, -0.2) is 15.0 Å². The van der Waals surface area contributed by atoms with Crippen LogP contribution in [0.2, 0.25) is 0 Å². The van der Waals surface area contributed by atoms with Gasteiger partial charge >= 0.3 is 0 Å². The second-order valence-electron chi connectivity index (χ2n) is 6.35. The Balaban J connectivity index is 1.61. The lowest BCUT2D eigenvalue weighted by molar-refractivity contribution is 1.32. The summed E-state index contributed by atoms with van der Waals surface area (Å²) < 4.78 is 1.01. The Morgan fingerprint density at radius 3 is 2.33 bits per heavy atom. The molecule has 0 bridgehead atoms. The van der Waals surface area contributed by atoms with Crippen LogP contribution in [-0.2, 0) is 0 Å². The molecule has 128 valence electrons. The molecule has 0 aliphatic carbocycles. The lowest BCUT2D eigenvalue weighted by atomic mass is 10.0. The Bertz CT molecular complexity index is 1280. The zero-order chi connectivity index (χ0) is 18.2. The Morgan fingerprint density at radius 2 is 1.48 bits per heavy atom. The maximum absolute atomic E-state index is 4.71. The maximum Gasteiger partial charge on any atom is 0.0964 e. The molecule has 3 nitrogen and oxygen atoms in total. The third-order valence-electron chi connectivity index (χ3n) is 4.67. The number of fused-ring (bicyclic) bond motifs is 3. The third-order valence-corrected chi connectivity index (χ3v) is 5.32. The summed E-state index contributed by atoms with van der Waals surface area (Å²) in [5.41, 5.74) is 6.07. The highest BCUT2D eigenvalue weighted by atomic mass is 79.9. The number of nitrogens with zero attached hydrogens (tertiary/aromatic N) is 3. The van der Waals surface area contributed by atoms with Crippen molar-refractivity contribution in [1.82, 2.24) is 15.0 Å². The summed E-state index contributed by atoms with van der Waals surface area (Å²) in [5, 5.41) is 2.19. The lowest BCUT2D eigenvalue weighted by Crippen LogP contribution is -1.88. The van der Waals surface area contributed by atoms with E-state index in [2.05, 4.69) is 68.4 Å². The SMILES string of the molecule is Brc1cc(-c2cnc3c(ccc4cccnc43)c2)ccc1-c1ccccn1. The van der Waals surface area contributed by atoms with Crippen LogP contribution >= 0.6 is 15.9 Å². The van der Waals surface area contributed by atoms with Crippen molar-refractivity contribution in [1.29, 1.82) is 0 Å². The van der Waals surface area contributed by atoms with E-state index >= 15 is 0 Å². The van der Waals surface area contributed by atoms with Gasteiger partial charge in [-0.1, -0.05) is 52.3 Å². The van der Waals surface area contributed by atoms with Gasteiger partial charge < -0.3 is 0 Å². The van der Waals surface area contributed by atoms with Gasteiger partial charge in [-0.05, 0) is 35.9 Å². The van der Waals surface area contributed by atoms with Crippen LogP contribution in [0.15, 0.2) is 89.8 Å². The molecule has 0 aliphatic heterocycles. The Morgan fingerprint density at radius 1 is 0.630 bits per heavy atom. The molecule has 4 heteroatoms. The molecule has 0 aliphatic rings. The van der Waals surface area contributed by atoms with E-state index in [1.165, 1.54) is 0 Å². The first-order chi connectivity index (χ1) is 13.3. The van der Waals surface area contributed by atoms with Crippen LogP contribution in [0, 0.1) is 0 Å². The molecule has 0 amide bonds. The lowest BCUT2D eigenvalue weighted by Gasteiger charge is -2.09. The predicted molar refractivity (Wildman–Crippen MR) is 113 cm³/mol. The molecular formula is C23H14BrN3.